The van der Waals surface area contributed by atoms with Crippen LogP contribution in [-0.4, -0.2) is 69.6 Å². The number of likely N-dealkylation sites (N-methyl/N-ethyl adjacent to an activating group) is 1. The Morgan fingerprint density at radius 3 is 2.58 bits per heavy atom. The van der Waals surface area contributed by atoms with E-state index in [1.54, 1.807) is 26.1 Å². The normalized spacial score (nSPS) is 26.0. The van der Waals surface area contributed by atoms with E-state index in [9.17, 15) is 4.79 Å². The van der Waals surface area contributed by atoms with Crippen LogP contribution in [0.4, 0.5) is 0 Å². The fourth-order valence-corrected chi connectivity index (χ4v) is 3.78. The number of carbonyl (C=O) groups excluding carboxylic acids is 1. The molecule has 1 aromatic carbocycles. The Morgan fingerprint density at radius 1 is 1.23 bits per heavy atom. The van der Waals surface area contributed by atoms with Gasteiger partial charge in [-0.15, -0.1) is 0 Å². The minimum absolute atomic E-state index is 0.0188. The van der Waals surface area contributed by atoms with Crippen molar-refractivity contribution in [3.05, 3.63) is 29.8 Å². The van der Waals surface area contributed by atoms with Gasteiger partial charge in [0.25, 0.3) is 0 Å². The summed E-state index contributed by atoms with van der Waals surface area (Å²) in [6.45, 7) is 4.09. The van der Waals surface area contributed by atoms with Crippen molar-refractivity contribution in [1.82, 2.24) is 15.5 Å². The van der Waals surface area contributed by atoms with Gasteiger partial charge in [-0.1, -0.05) is 19.1 Å². The first-order valence-corrected chi connectivity index (χ1v) is 11.1. The first kappa shape index (κ1) is 23.3. The number of amides is 1. The summed E-state index contributed by atoms with van der Waals surface area (Å²) in [7, 11) is 5.12. The van der Waals surface area contributed by atoms with Crippen molar-refractivity contribution in [1.29, 1.82) is 0 Å². The van der Waals surface area contributed by atoms with Gasteiger partial charge in [0, 0.05) is 33.5 Å². The number of aliphatic imine (C=N–C) groups is 1. The zero-order valence-corrected chi connectivity index (χ0v) is 19.1. The van der Waals surface area contributed by atoms with Crippen molar-refractivity contribution >= 4 is 11.9 Å². The van der Waals surface area contributed by atoms with Gasteiger partial charge < -0.3 is 29.7 Å². The summed E-state index contributed by atoms with van der Waals surface area (Å²) < 4.78 is 17.5. The Labute approximate surface area is 185 Å². The van der Waals surface area contributed by atoms with E-state index in [1.165, 1.54) is 0 Å². The van der Waals surface area contributed by atoms with Gasteiger partial charge in [0.1, 0.15) is 11.9 Å². The molecule has 1 unspecified atom stereocenters. The summed E-state index contributed by atoms with van der Waals surface area (Å²) in [5.74, 6) is 1.70. The third kappa shape index (κ3) is 6.83. The van der Waals surface area contributed by atoms with Gasteiger partial charge in [-0.3, -0.25) is 4.79 Å². The highest BCUT2D eigenvalue weighted by Gasteiger charge is 2.43. The standard InChI is InChI=1S/C23H36N4O4/c1-17-9-11-23(12-10-17)30-16-20(31-23)14-25-22(26-15-21(28)27(2)3)24-13-18-5-7-19(29-4)8-6-18/h5-8,17,20H,9-16H2,1-4H3,(H2,24,25,26). The molecule has 0 aromatic heterocycles. The number of nitrogens with one attached hydrogen (secondary N) is 2. The summed E-state index contributed by atoms with van der Waals surface area (Å²) in [6, 6.07) is 7.78. The molecule has 8 heteroatoms. The third-order valence-electron chi connectivity index (χ3n) is 5.93. The monoisotopic (exact) mass is 432 g/mol. The number of benzene rings is 1. The van der Waals surface area contributed by atoms with Crippen LogP contribution in [0.15, 0.2) is 29.3 Å². The summed E-state index contributed by atoms with van der Waals surface area (Å²) in [5, 5.41) is 6.44. The van der Waals surface area contributed by atoms with E-state index in [0.29, 0.717) is 25.7 Å². The summed E-state index contributed by atoms with van der Waals surface area (Å²) in [6.07, 6.45) is 4.16. The van der Waals surface area contributed by atoms with E-state index in [4.69, 9.17) is 14.2 Å². The predicted octanol–water partition coefficient (Wildman–Crippen LogP) is 2.14. The Kier molecular flexibility index (Phi) is 8.15. The molecule has 2 N–H and O–H groups in total. The van der Waals surface area contributed by atoms with E-state index < -0.39 is 5.79 Å². The molecule has 8 nitrogen and oxygen atoms in total. The fraction of sp³-hybridized carbons (Fsp3) is 0.652. The first-order chi connectivity index (χ1) is 14.9. The van der Waals surface area contributed by atoms with Crippen molar-refractivity contribution in [2.45, 2.75) is 51.0 Å². The van der Waals surface area contributed by atoms with Crippen molar-refractivity contribution < 1.29 is 19.0 Å². The van der Waals surface area contributed by atoms with Crippen LogP contribution in [0, 0.1) is 5.92 Å². The Hall–Kier alpha value is -2.32. The van der Waals surface area contributed by atoms with E-state index in [0.717, 1.165) is 42.9 Å². The SMILES string of the molecule is COc1ccc(CN=C(NCC(=O)N(C)C)NCC2COC3(CCC(C)CC3)O2)cc1. The maximum atomic E-state index is 12.0. The molecule has 0 radical (unpaired) electrons. The Balaban J connectivity index is 1.56. The number of ether oxygens (including phenoxy) is 3. The number of carbonyl (C=O) groups is 1. The average molecular weight is 433 g/mol. The second-order valence-corrected chi connectivity index (χ2v) is 8.68. The smallest absolute Gasteiger partial charge is 0.241 e. The molecule has 1 aliphatic carbocycles. The van der Waals surface area contributed by atoms with Crippen LogP contribution in [0.5, 0.6) is 5.75 Å². The molecular weight excluding hydrogens is 396 g/mol. The van der Waals surface area contributed by atoms with Gasteiger partial charge in [0.05, 0.1) is 26.8 Å². The molecule has 1 aromatic rings. The van der Waals surface area contributed by atoms with E-state index >= 15 is 0 Å². The topological polar surface area (TPSA) is 84.4 Å². The van der Waals surface area contributed by atoms with Crippen molar-refractivity contribution in [2.24, 2.45) is 10.9 Å². The van der Waals surface area contributed by atoms with Crippen LogP contribution in [0.2, 0.25) is 0 Å². The van der Waals surface area contributed by atoms with Crippen LogP contribution >= 0.6 is 0 Å². The maximum absolute atomic E-state index is 12.0. The molecule has 1 amide bonds. The number of methoxy groups -OCH3 is 1. The van der Waals surface area contributed by atoms with Crippen LogP contribution < -0.4 is 15.4 Å². The van der Waals surface area contributed by atoms with Crippen LogP contribution in [0.1, 0.15) is 38.2 Å². The van der Waals surface area contributed by atoms with Crippen molar-refractivity contribution in [3.63, 3.8) is 0 Å². The van der Waals surface area contributed by atoms with Crippen LogP contribution in [0.25, 0.3) is 0 Å². The van der Waals surface area contributed by atoms with Gasteiger partial charge in [0.15, 0.2) is 11.7 Å². The highest BCUT2D eigenvalue weighted by molar-refractivity contribution is 5.86. The largest absolute Gasteiger partial charge is 0.497 e. The van der Waals surface area contributed by atoms with Crippen LogP contribution in [0.3, 0.4) is 0 Å². The molecule has 31 heavy (non-hydrogen) atoms. The second kappa shape index (κ2) is 10.8. The van der Waals surface area contributed by atoms with Gasteiger partial charge in [-0.2, -0.15) is 0 Å². The third-order valence-corrected chi connectivity index (χ3v) is 5.93. The predicted molar refractivity (Wildman–Crippen MR) is 120 cm³/mol. The Morgan fingerprint density at radius 2 is 1.94 bits per heavy atom. The van der Waals surface area contributed by atoms with E-state index in [-0.39, 0.29) is 18.6 Å². The minimum Gasteiger partial charge on any atom is -0.497 e. The van der Waals surface area contributed by atoms with Crippen molar-refractivity contribution in [3.8, 4) is 5.75 Å². The average Bonchev–Trinajstić information content (AvgIpc) is 3.18. The van der Waals surface area contributed by atoms with Crippen molar-refractivity contribution in [2.75, 3.05) is 40.9 Å². The molecule has 1 spiro atoms. The molecule has 1 atom stereocenters. The maximum Gasteiger partial charge on any atom is 0.241 e. The molecule has 2 fully saturated rings. The molecule has 0 bridgehead atoms. The molecule has 1 heterocycles. The molecular formula is C23H36N4O4. The summed E-state index contributed by atoms with van der Waals surface area (Å²) in [5.41, 5.74) is 1.05. The quantitative estimate of drug-likeness (QED) is 0.507. The lowest BCUT2D eigenvalue weighted by Gasteiger charge is -2.34. The van der Waals surface area contributed by atoms with Gasteiger partial charge in [-0.25, -0.2) is 4.99 Å². The number of hydrogen-bond donors (Lipinski definition) is 2. The highest BCUT2D eigenvalue weighted by atomic mass is 16.7. The zero-order valence-electron chi connectivity index (χ0n) is 19.1. The lowest BCUT2D eigenvalue weighted by molar-refractivity contribution is -0.191. The van der Waals surface area contributed by atoms with Gasteiger partial charge in [-0.05, 0) is 36.5 Å². The molecule has 1 saturated carbocycles. The molecule has 1 saturated heterocycles. The molecule has 3 rings (SSSR count). The Bertz CT molecular complexity index is 742. The van der Waals surface area contributed by atoms with Gasteiger partial charge >= 0.3 is 0 Å². The number of nitrogens with zero attached hydrogens (tertiary/aromatic N) is 2. The molecule has 2 aliphatic rings. The molecule has 172 valence electrons. The highest BCUT2D eigenvalue weighted by Crippen LogP contribution is 2.39. The minimum atomic E-state index is -0.409. The lowest BCUT2D eigenvalue weighted by atomic mass is 9.86. The van der Waals surface area contributed by atoms with Crippen LogP contribution in [-0.2, 0) is 20.8 Å². The number of guanidine groups is 1. The number of hydrogen-bond acceptors (Lipinski definition) is 5. The van der Waals surface area contributed by atoms with Gasteiger partial charge in [0.2, 0.25) is 5.91 Å². The molecule has 1 aliphatic heterocycles. The first-order valence-electron chi connectivity index (χ1n) is 11.1. The van der Waals surface area contributed by atoms with E-state index in [2.05, 4.69) is 22.5 Å². The lowest BCUT2D eigenvalue weighted by Crippen LogP contribution is -2.46. The van der Waals surface area contributed by atoms with E-state index in [1.807, 2.05) is 24.3 Å². The summed E-state index contributed by atoms with van der Waals surface area (Å²) in [4.78, 5) is 18.2. The zero-order chi connectivity index (χ0) is 22.3. The number of rotatable bonds is 7. The fourth-order valence-electron chi connectivity index (χ4n) is 3.78. The second-order valence-electron chi connectivity index (χ2n) is 8.68. The summed E-state index contributed by atoms with van der Waals surface area (Å²) >= 11 is 0.